The number of hydrogen-bond acceptors (Lipinski definition) is 3. The maximum atomic E-state index is 12.2. The number of rotatable bonds is 2. The van der Waals surface area contributed by atoms with Crippen molar-refractivity contribution < 1.29 is 17.2 Å². The van der Waals surface area contributed by atoms with Gasteiger partial charge in [0.05, 0.1) is 5.02 Å². The van der Waals surface area contributed by atoms with Gasteiger partial charge in [0.1, 0.15) is 10.6 Å². The van der Waals surface area contributed by atoms with Gasteiger partial charge in [0, 0.05) is 16.9 Å². The molecule has 1 heterocycles. The van der Waals surface area contributed by atoms with E-state index < -0.39 is 31.1 Å². The van der Waals surface area contributed by atoms with Crippen LogP contribution in [-0.2, 0) is 9.05 Å². The second-order valence-electron chi connectivity index (χ2n) is 2.25. The normalized spacial score (nSPS) is 12.1. The van der Waals surface area contributed by atoms with Gasteiger partial charge in [0.2, 0.25) is 0 Å². The minimum atomic E-state index is -4.12. The summed E-state index contributed by atoms with van der Waals surface area (Å²) in [4.78, 5) is 2.68. The van der Waals surface area contributed by atoms with Gasteiger partial charge in [-0.25, -0.2) is 17.2 Å². The fourth-order valence-electron chi connectivity index (χ4n) is 0.782. The van der Waals surface area contributed by atoms with E-state index in [0.717, 1.165) is 12.3 Å². The van der Waals surface area contributed by atoms with Crippen molar-refractivity contribution in [2.75, 3.05) is 0 Å². The van der Waals surface area contributed by atoms with Crippen LogP contribution in [0, 0.1) is 0 Å². The molecule has 14 heavy (non-hydrogen) atoms. The number of alkyl halides is 2. The van der Waals surface area contributed by atoms with Crippen LogP contribution in [0.3, 0.4) is 0 Å². The fraction of sp³-hybridized carbons (Fsp3) is 0.167. The summed E-state index contributed by atoms with van der Waals surface area (Å²) in [6.07, 6.45) is -2.04. The summed E-state index contributed by atoms with van der Waals surface area (Å²) in [5.74, 6) is 0. The van der Waals surface area contributed by atoms with Crippen LogP contribution in [0.1, 0.15) is 12.1 Å². The molecule has 1 aromatic rings. The minimum absolute atomic E-state index is 0.564. The second-order valence-corrected chi connectivity index (χ2v) is 5.16. The zero-order valence-corrected chi connectivity index (χ0v) is 8.74. The highest BCUT2D eigenvalue weighted by atomic mass is 35.7. The van der Waals surface area contributed by atoms with Crippen LogP contribution in [-0.4, -0.2) is 13.4 Å². The molecule has 0 aromatic carbocycles. The van der Waals surface area contributed by atoms with Gasteiger partial charge in [-0.1, -0.05) is 11.6 Å². The number of aromatic nitrogens is 1. The van der Waals surface area contributed by atoms with E-state index in [2.05, 4.69) is 4.98 Å². The maximum Gasteiger partial charge on any atom is 0.281 e. The van der Waals surface area contributed by atoms with Crippen LogP contribution >= 0.6 is 22.3 Å². The number of hydrogen-bond donors (Lipinski definition) is 0. The quantitative estimate of drug-likeness (QED) is 0.769. The highest BCUT2D eigenvalue weighted by Crippen LogP contribution is 2.31. The first kappa shape index (κ1) is 11.6. The van der Waals surface area contributed by atoms with Gasteiger partial charge in [-0.05, 0) is 6.07 Å². The van der Waals surface area contributed by atoms with E-state index in [1.165, 1.54) is 0 Å². The van der Waals surface area contributed by atoms with Gasteiger partial charge in [-0.3, -0.25) is 4.98 Å². The summed E-state index contributed by atoms with van der Waals surface area (Å²) in [6.45, 7) is 0. The lowest BCUT2D eigenvalue weighted by molar-refractivity contribution is 0.146. The van der Waals surface area contributed by atoms with Crippen molar-refractivity contribution in [3.05, 3.63) is 23.0 Å². The highest BCUT2D eigenvalue weighted by molar-refractivity contribution is 8.13. The molecule has 0 saturated heterocycles. The van der Waals surface area contributed by atoms with Crippen LogP contribution in [0.2, 0.25) is 5.02 Å². The zero-order chi connectivity index (χ0) is 10.9. The Morgan fingerprint density at radius 3 is 2.43 bits per heavy atom. The molecule has 8 heteroatoms. The average molecular weight is 262 g/mol. The molecule has 1 aromatic heterocycles. The van der Waals surface area contributed by atoms with Gasteiger partial charge < -0.3 is 0 Å². The summed E-state index contributed by atoms with van der Waals surface area (Å²) in [5.41, 5.74) is -0.798. The molecule has 0 spiro atoms. The molecular formula is C6H3Cl2F2NO2S. The molecule has 3 nitrogen and oxygen atoms in total. The molecule has 78 valence electrons. The predicted molar refractivity (Wildman–Crippen MR) is 47.2 cm³/mol. The van der Waals surface area contributed by atoms with Crippen LogP contribution in [0.25, 0.3) is 0 Å². The Morgan fingerprint density at radius 1 is 1.43 bits per heavy atom. The Kier molecular flexibility index (Phi) is 3.28. The predicted octanol–water partition coefficient (Wildman–Crippen LogP) is 2.60. The first-order chi connectivity index (χ1) is 6.34. The Balaban J connectivity index is 3.43. The lowest BCUT2D eigenvalue weighted by Crippen LogP contribution is -1.98. The molecule has 0 bridgehead atoms. The molecule has 0 aliphatic rings. The summed E-state index contributed by atoms with van der Waals surface area (Å²) >= 11 is 5.38. The van der Waals surface area contributed by atoms with E-state index in [0.29, 0.717) is 0 Å². The van der Waals surface area contributed by atoms with Crippen molar-refractivity contribution in [2.45, 2.75) is 11.3 Å². The van der Waals surface area contributed by atoms with Crippen molar-refractivity contribution in [1.82, 2.24) is 4.98 Å². The monoisotopic (exact) mass is 261 g/mol. The first-order valence-corrected chi connectivity index (χ1v) is 5.90. The Bertz CT molecular complexity index is 449. The lowest BCUT2D eigenvalue weighted by atomic mass is 10.3. The van der Waals surface area contributed by atoms with Gasteiger partial charge in [-0.2, -0.15) is 0 Å². The minimum Gasteiger partial charge on any atom is -0.254 e. The molecular weight excluding hydrogens is 259 g/mol. The summed E-state index contributed by atoms with van der Waals surface area (Å²) in [5, 5.41) is -0.641. The third-order valence-electron chi connectivity index (χ3n) is 1.35. The molecule has 0 unspecified atom stereocenters. The molecule has 1 rings (SSSR count). The maximum absolute atomic E-state index is 12.2. The molecule has 0 saturated carbocycles. The van der Waals surface area contributed by atoms with E-state index in [4.69, 9.17) is 22.3 Å². The van der Waals surface area contributed by atoms with E-state index in [1.54, 1.807) is 0 Å². The molecule has 0 fully saturated rings. The summed E-state index contributed by atoms with van der Waals surface area (Å²) < 4.78 is 46.1. The largest absolute Gasteiger partial charge is 0.281 e. The third-order valence-corrected chi connectivity index (χ3v) is 3.22. The van der Waals surface area contributed by atoms with Crippen molar-refractivity contribution in [2.24, 2.45) is 0 Å². The van der Waals surface area contributed by atoms with E-state index >= 15 is 0 Å². The third kappa shape index (κ3) is 2.31. The molecule has 0 atom stereocenters. The van der Waals surface area contributed by atoms with Crippen LogP contribution in [0.5, 0.6) is 0 Å². The summed E-state index contributed by atoms with van der Waals surface area (Å²) in [6, 6.07) is 0.955. The van der Waals surface area contributed by atoms with Gasteiger partial charge in [-0.15, -0.1) is 0 Å². The SMILES string of the molecule is O=S(=O)(Cl)c1ccnc(C(F)F)c1Cl. The first-order valence-electron chi connectivity index (χ1n) is 3.21. The van der Waals surface area contributed by atoms with Crippen LogP contribution in [0.15, 0.2) is 17.2 Å². The number of pyridine rings is 1. The van der Waals surface area contributed by atoms with E-state index in [-0.39, 0.29) is 0 Å². The molecule has 0 aliphatic heterocycles. The molecule has 0 N–H and O–H groups in total. The van der Waals surface area contributed by atoms with Gasteiger partial charge in [0.25, 0.3) is 15.5 Å². The average Bonchev–Trinajstić information content (AvgIpc) is 2.01. The van der Waals surface area contributed by atoms with E-state index in [1.807, 2.05) is 0 Å². The van der Waals surface area contributed by atoms with Gasteiger partial charge >= 0.3 is 0 Å². The van der Waals surface area contributed by atoms with Crippen molar-refractivity contribution in [3.63, 3.8) is 0 Å². The Morgan fingerprint density at radius 2 is 2.00 bits per heavy atom. The topological polar surface area (TPSA) is 47.0 Å². The smallest absolute Gasteiger partial charge is 0.254 e. The highest BCUT2D eigenvalue weighted by Gasteiger charge is 2.22. The van der Waals surface area contributed by atoms with Crippen LogP contribution in [0.4, 0.5) is 8.78 Å². The Labute approximate surface area is 88.1 Å². The Hall–Kier alpha value is -0.460. The molecule has 0 radical (unpaired) electrons. The van der Waals surface area contributed by atoms with Crippen LogP contribution < -0.4 is 0 Å². The van der Waals surface area contributed by atoms with Crippen molar-refractivity contribution in [1.29, 1.82) is 0 Å². The van der Waals surface area contributed by atoms with Crippen molar-refractivity contribution >= 4 is 31.3 Å². The fourth-order valence-corrected chi connectivity index (χ4v) is 2.33. The van der Waals surface area contributed by atoms with Crippen molar-refractivity contribution in [3.8, 4) is 0 Å². The molecule has 0 aliphatic carbocycles. The zero-order valence-electron chi connectivity index (χ0n) is 6.42. The second kappa shape index (κ2) is 3.96. The molecule has 0 amide bonds. The van der Waals surface area contributed by atoms with Gasteiger partial charge in [0.15, 0.2) is 0 Å². The van der Waals surface area contributed by atoms with E-state index in [9.17, 15) is 17.2 Å². The summed E-state index contributed by atoms with van der Waals surface area (Å²) in [7, 11) is 0.833. The lowest BCUT2D eigenvalue weighted by Gasteiger charge is -2.04. The standard InChI is InChI=1S/C6H3Cl2F2NO2S/c7-4-3(14(8,12)13)1-2-11-5(4)6(9)10/h1-2,6H. The number of nitrogens with zero attached hydrogens (tertiary/aromatic N) is 1. The number of halogens is 4.